The van der Waals surface area contributed by atoms with Gasteiger partial charge in [-0.2, -0.15) is 5.10 Å². The molecule has 0 aliphatic rings. The average molecular weight is 746 g/mol. The van der Waals surface area contributed by atoms with Crippen molar-refractivity contribution in [3.63, 3.8) is 0 Å². The third kappa shape index (κ3) is 7.84. The Morgan fingerprint density at radius 2 is 1.69 bits per heavy atom. The van der Waals surface area contributed by atoms with Gasteiger partial charge in [-0.05, 0) is 85.3 Å². The predicted molar refractivity (Wildman–Crippen MR) is 183 cm³/mol. The summed E-state index contributed by atoms with van der Waals surface area (Å²) in [6.07, 6.45) is 1.42. The highest BCUT2D eigenvalue weighted by Gasteiger charge is 2.19. The number of anilines is 1. The van der Waals surface area contributed by atoms with Gasteiger partial charge in [-0.1, -0.05) is 56.8 Å². The lowest BCUT2D eigenvalue weighted by Crippen LogP contribution is -2.17. The van der Waals surface area contributed by atoms with Gasteiger partial charge in [-0.3, -0.25) is 9.59 Å². The molecule has 1 aromatic heterocycles. The average Bonchev–Trinajstić information content (AvgIpc) is 3.34. The Labute approximate surface area is 285 Å². The molecule has 2 amide bonds. The van der Waals surface area contributed by atoms with Gasteiger partial charge < -0.3 is 14.8 Å². The standard InChI is InChI=1S/C32H21BrCl3N3O5S/c1-2-43-26-13-17(3-12-25(26)44-32(42)22-11-7-20(34)15-24(22)35)16-37-39-30(40)18-4-8-21(9-5-18)38-31(41)29-28(36)23-10-6-19(33)14-27(23)45-29/h3-16H,2H2,1H3,(H,38,41)(H,39,40)/b37-16-. The molecule has 0 fully saturated rings. The number of ether oxygens (including phenoxy) is 2. The molecule has 228 valence electrons. The van der Waals surface area contributed by atoms with Gasteiger partial charge >= 0.3 is 5.97 Å². The molecule has 0 spiro atoms. The van der Waals surface area contributed by atoms with E-state index in [-0.39, 0.29) is 22.2 Å². The van der Waals surface area contributed by atoms with Crippen LogP contribution in [0.25, 0.3) is 10.1 Å². The van der Waals surface area contributed by atoms with Crippen LogP contribution in [0.1, 0.15) is 42.9 Å². The quantitative estimate of drug-likeness (QED) is 0.0678. The lowest BCUT2D eigenvalue weighted by molar-refractivity contribution is 0.0728. The van der Waals surface area contributed by atoms with Crippen LogP contribution in [-0.4, -0.2) is 30.6 Å². The van der Waals surface area contributed by atoms with E-state index in [0.717, 1.165) is 14.6 Å². The summed E-state index contributed by atoms with van der Waals surface area (Å²) in [5.41, 5.74) is 4.02. The maximum atomic E-state index is 12.9. The number of halogens is 4. The van der Waals surface area contributed by atoms with Crippen LogP contribution in [0.15, 0.2) is 88.4 Å². The molecular weight excluding hydrogens is 725 g/mol. The number of hydrogen-bond donors (Lipinski definition) is 2. The van der Waals surface area contributed by atoms with Gasteiger partial charge in [-0.15, -0.1) is 11.3 Å². The van der Waals surface area contributed by atoms with Crippen LogP contribution in [0, 0.1) is 0 Å². The number of hydrogen-bond acceptors (Lipinski definition) is 7. The Morgan fingerprint density at radius 3 is 2.42 bits per heavy atom. The highest BCUT2D eigenvalue weighted by Crippen LogP contribution is 2.37. The third-order valence-corrected chi connectivity index (χ3v) is 8.90. The van der Waals surface area contributed by atoms with E-state index in [1.54, 1.807) is 49.4 Å². The minimum absolute atomic E-state index is 0.154. The van der Waals surface area contributed by atoms with E-state index in [0.29, 0.717) is 44.1 Å². The van der Waals surface area contributed by atoms with Crippen molar-refractivity contribution in [1.29, 1.82) is 0 Å². The first-order valence-corrected chi connectivity index (χ1v) is 15.9. The van der Waals surface area contributed by atoms with Crippen LogP contribution in [0.5, 0.6) is 11.5 Å². The van der Waals surface area contributed by atoms with Gasteiger partial charge in [0.05, 0.1) is 28.4 Å². The summed E-state index contributed by atoms with van der Waals surface area (Å²) in [6.45, 7) is 2.10. The Hall–Kier alpha value is -3.93. The number of amides is 2. The van der Waals surface area contributed by atoms with E-state index in [4.69, 9.17) is 44.3 Å². The van der Waals surface area contributed by atoms with Gasteiger partial charge in [0, 0.05) is 30.8 Å². The second-order valence-electron chi connectivity index (χ2n) is 9.27. The highest BCUT2D eigenvalue weighted by atomic mass is 79.9. The Kier molecular flexibility index (Phi) is 10.4. The van der Waals surface area contributed by atoms with E-state index in [1.807, 2.05) is 18.2 Å². The predicted octanol–water partition coefficient (Wildman–Crippen LogP) is 9.26. The summed E-state index contributed by atoms with van der Waals surface area (Å²) in [5.74, 6) is -0.996. The minimum Gasteiger partial charge on any atom is -0.490 e. The monoisotopic (exact) mass is 743 g/mol. The minimum atomic E-state index is -0.672. The number of carbonyl (C=O) groups is 3. The molecule has 1 heterocycles. The molecule has 0 bridgehead atoms. The number of hydrazone groups is 1. The van der Waals surface area contributed by atoms with Gasteiger partial charge in [0.2, 0.25) is 0 Å². The molecule has 0 saturated carbocycles. The molecular formula is C32H21BrCl3N3O5S. The van der Waals surface area contributed by atoms with Gasteiger partial charge in [0.1, 0.15) is 4.88 Å². The summed E-state index contributed by atoms with van der Waals surface area (Å²) < 4.78 is 12.9. The normalized spacial score (nSPS) is 11.0. The molecule has 0 saturated heterocycles. The van der Waals surface area contributed by atoms with Crippen molar-refractivity contribution < 1.29 is 23.9 Å². The molecule has 4 aromatic carbocycles. The molecule has 0 radical (unpaired) electrons. The molecule has 0 aliphatic heterocycles. The number of esters is 1. The number of nitrogens with zero attached hydrogens (tertiary/aromatic N) is 1. The van der Waals surface area contributed by atoms with E-state index in [1.165, 1.54) is 35.8 Å². The summed E-state index contributed by atoms with van der Waals surface area (Å²) in [6, 6.07) is 21.2. The lowest BCUT2D eigenvalue weighted by Gasteiger charge is -2.12. The van der Waals surface area contributed by atoms with Crippen LogP contribution < -0.4 is 20.2 Å². The SMILES string of the molecule is CCOc1cc(/C=N\NC(=O)c2ccc(NC(=O)c3sc4cc(Br)ccc4c3Cl)cc2)ccc1OC(=O)c1ccc(Cl)cc1Cl. The van der Waals surface area contributed by atoms with Crippen LogP contribution >= 0.6 is 62.1 Å². The smallest absolute Gasteiger partial charge is 0.345 e. The summed E-state index contributed by atoms with van der Waals surface area (Å²) in [4.78, 5) is 38.6. The van der Waals surface area contributed by atoms with Crippen molar-refractivity contribution in [2.24, 2.45) is 5.10 Å². The maximum absolute atomic E-state index is 12.9. The number of thiophene rings is 1. The van der Waals surface area contributed by atoms with Gasteiger partial charge in [-0.25, -0.2) is 10.2 Å². The van der Waals surface area contributed by atoms with Crippen molar-refractivity contribution in [1.82, 2.24) is 5.43 Å². The molecule has 5 aromatic rings. The van der Waals surface area contributed by atoms with Gasteiger partial charge in [0.15, 0.2) is 11.5 Å². The fourth-order valence-corrected chi connectivity index (χ4v) is 6.53. The highest BCUT2D eigenvalue weighted by molar-refractivity contribution is 9.10. The van der Waals surface area contributed by atoms with Crippen molar-refractivity contribution in [2.45, 2.75) is 6.92 Å². The van der Waals surface area contributed by atoms with Crippen LogP contribution in [0.4, 0.5) is 5.69 Å². The van der Waals surface area contributed by atoms with Crippen molar-refractivity contribution in [3.05, 3.63) is 120 Å². The Balaban J connectivity index is 1.20. The largest absolute Gasteiger partial charge is 0.490 e. The first-order chi connectivity index (χ1) is 21.6. The summed E-state index contributed by atoms with van der Waals surface area (Å²) in [7, 11) is 0. The van der Waals surface area contributed by atoms with Crippen LogP contribution in [-0.2, 0) is 0 Å². The second kappa shape index (κ2) is 14.4. The van der Waals surface area contributed by atoms with Crippen molar-refractivity contribution >= 4 is 102 Å². The van der Waals surface area contributed by atoms with Crippen molar-refractivity contribution in [3.8, 4) is 11.5 Å². The van der Waals surface area contributed by atoms with E-state index in [2.05, 4.69) is 31.8 Å². The van der Waals surface area contributed by atoms with Crippen molar-refractivity contribution in [2.75, 3.05) is 11.9 Å². The number of fused-ring (bicyclic) bond motifs is 1. The van der Waals surface area contributed by atoms with Crippen LogP contribution in [0.2, 0.25) is 15.1 Å². The van der Waals surface area contributed by atoms with Gasteiger partial charge in [0.25, 0.3) is 11.8 Å². The molecule has 5 rings (SSSR count). The second-order valence-corrected chi connectivity index (χ2v) is 12.5. The molecule has 8 nitrogen and oxygen atoms in total. The number of benzene rings is 4. The Bertz CT molecular complexity index is 1960. The fourth-order valence-electron chi connectivity index (χ4n) is 4.08. The molecule has 13 heteroatoms. The van der Waals surface area contributed by atoms with E-state index in [9.17, 15) is 14.4 Å². The molecule has 0 atom stereocenters. The number of nitrogens with one attached hydrogen (secondary N) is 2. The molecule has 0 unspecified atom stereocenters. The van der Waals surface area contributed by atoms with E-state index >= 15 is 0 Å². The van der Waals surface area contributed by atoms with E-state index < -0.39 is 11.9 Å². The molecule has 2 N–H and O–H groups in total. The zero-order chi connectivity index (χ0) is 32.1. The lowest BCUT2D eigenvalue weighted by atomic mass is 10.2. The maximum Gasteiger partial charge on any atom is 0.345 e. The first-order valence-electron chi connectivity index (χ1n) is 13.2. The van der Waals surface area contributed by atoms with Crippen LogP contribution in [0.3, 0.4) is 0 Å². The zero-order valence-corrected chi connectivity index (χ0v) is 27.9. The number of rotatable bonds is 9. The third-order valence-electron chi connectivity index (χ3n) is 6.20. The topological polar surface area (TPSA) is 106 Å². The Morgan fingerprint density at radius 1 is 0.911 bits per heavy atom. The fraction of sp³-hybridized carbons (Fsp3) is 0.0625. The summed E-state index contributed by atoms with van der Waals surface area (Å²) in [5, 5.41) is 8.58. The molecule has 0 aliphatic carbocycles. The zero-order valence-electron chi connectivity index (χ0n) is 23.2. The number of carbonyl (C=O) groups excluding carboxylic acids is 3. The molecule has 45 heavy (non-hydrogen) atoms. The summed E-state index contributed by atoms with van der Waals surface area (Å²) >= 11 is 23.2. The first kappa shape index (κ1) is 32.5.